The van der Waals surface area contributed by atoms with Crippen molar-refractivity contribution >= 4 is 5.97 Å². The number of hydrogen-bond donors (Lipinski definition) is 2. The quantitative estimate of drug-likeness (QED) is 0.783. The number of aromatic amines is 1. The van der Waals surface area contributed by atoms with Gasteiger partial charge in [0.1, 0.15) is 0 Å². The number of hydrogen-bond acceptors (Lipinski definition) is 4. The summed E-state index contributed by atoms with van der Waals surface area (Å²) in [7, 11) is 1.38. The zero-order valence-corrected chi connectivity index (χ0v) is 10.9. The highest BCUT2D eigenvalue weighted by molar-refractivity contribution is 5.69. The third kappa shape index (κ3) is 3.56. The Morgan fingerprint density at radius 1 is 1.59 bits per heavy atom. The van der Waals surface area contributed by atoms with Crippen molar-refractivity contribution in [2.75, 3.05) is 7.11 Å². The second-order valence-electron chi connectivity index (χ2n) is 5.17. The third-order valence-corrected chi connectivity index (χ3v) is 2.71. The average Bonchev–Trinajstić information content (AvgIpc) is 2.73. The van der Waals surface area contributed by atoms with Crippen molar-refractivity contribution in [3.05, 3.63) is 17.5 Å². The van der Waals surface area contributed by atoms with Gasteiger partial charge < -0.3 is 10.5 Å². The van der Waals surface area contributed by atoms with E-state index in [-0.39, 0.29) is 17.4 Å². The van der Waals surface area contributed by atoms with Gasteiger partial charge in [-0.3, -0.25) is 9.89 Å². The summed E-state index contributed by atoms with van der Waals surface area (Å²) in [5.74, 6) is -0.235. The number of esters is 1. The summed E-state index contributed by atoms with van der Waals surface area (Å²) >= 11 is 0. The molecule has 0 bridgehead atoms. The average molecular weight is 239 g/mol. The van der Waals surface area contributed by atoms with Crippen molar-refractivity contribution in [3.63, 3.8) is 0 Å². The standard InChI is InChI=1S/C12H21N3O2/c1-12(2,3)11-8(7-14-15-11)9(13)5-6-10(16)17-4/h7,9H,5-6,13H2,1-4H3,(H,14,15). The number of rotatable bonds is 4. The van der Waals surface area contributed by atoms with Crippen molar-refractivity contribution in [2.24, 2.45) is 5.73 Å². The van der Waals surface area contributed by atoms with E-state index in [0.717, 1.165) is 11.3 Å². The van der Waals surface area contributed by atoms with Gasteiger partial charge >= 0.3 is 5.97 Å². The fourth-order valence-electron chi connectivity index (χ4n) is 1.71. The molecule has 5 heteroatoms. The molecule has 0 fully saturated rings. The number of methoxy groups -OCH3 is 1. The SMILES string of the molecule is COC(=O)CCC(N)c1cn[nH]c1C(C)(C)C. The van der Waals surface area contributed by atoms with Crippen molar-refractivity contribution in [1.82, 2.24) is 10.2 Å². The Kier molecular flexibility index (Phi) is 4.28. The first-order chi connectivity index (χ1) is 7.86. The molecule has 17 heavy (non-hydrogen) atoms. The van der Waals surface area contributed by atoms with E-state index in [1.54, 1.807) is 6.20 Å². The molecule has 0 aliphatic carbocycles. The van der Waals surface area contributed by atoms with E-state index in [2.05, 4.69) is 35.7 Å². The minimum atomic E-state index is -0.235. The van der Waals surface area contributed by atoms with Gasteiger partial charge in [0.15, 0.2) is 0 Å². The molecular weight excluding hydrogens is 218 g/mol. The molecule has 0 aromatic carbocycles. The van der Waals surface area contributed by atoms with Gasteiger partial charge in [0.2, 0.25) is 0 Å². The number of nitrogens with one attached hydrogen (secondary N) is 1. The predicted octanol–water partition coefficient (Wildman–Crippen LogP) is 1.66. The van der Waals surface area contributed by atoms with E-state index in [0.29, 0.717) is 12.8 Å². The van der Waals surface area contributed by atoms with Crippen LogP contribution in [-0.4, -0.2) is 23.3 Å². The van der Waals surface area contributed by atoms with Gasteiger partial charge in [-0.15, -0.1) is 0 Å². The normalized spacial score (nSPS) is 13.5. The highest BCUT2D eigenvalue weighted by Crippen LogP contribution is 2.28. The van der Waals surface area contributed by atoms with Crippen LogP contribution in [0.3, 0.4) is 0 Å². The monoisotopic (exact) mass is 239 g/mol. The molecule has 5 nitrogen and oxygen atoms in total. The van der Waals surface area contributed by atoms with Crippen LogP contribution < -0.4 is 5.73 Å². The zero-order valence-electron chi connectivity index (χ0n) is 10.9. The smallest absolute Gasteiger partial charge is 0.305 e. The first kappa shape index (κ1) is 13.7. The molecule has 0 saturated carbocycles. The van der Waals surface area contributed by atoms with Crippen molar-refractivity contribution in [1.29, 1.82) is 0 Å². The number of ether oxygens (including phenoxy) is 1. The van der Waals surface area contributed by atoms with Crippen molar-refractivity contribution in [2.45, 2.75) is 45.1 Å². The maximum atomic E-state index is 11.1. The van der Waals surface area contributed by atoms with Gasteiger partial charge in [0, 0.05) is 29.1 Å². The number of carbonyl (C=O) groups is 1. The van der Waals surface area contributed by atoms with Gasteiger partial charge in [-0.2, -0.15) is 5.10 Å². The minimum absolute atomic E-state index is 0.0330. The molecule has 0 aliphatic rings. The van der Waals surface area contributed by atoms with Crippen LogP contribution in [0.5, 0.6) is 0 Å². The molecule has 1 aromatic rings. The first-order valence-electron chi connectivity index (χ1n) is 5.72. The second-order valence-corrected chi connectivity index (χ2v) is 5.17. The molecule has 96 valence electrons. The Morgan fingerprint density at radius 2 is 2.24 bits per heavy atom. The van der Waals surface area contributed by atoms with Crippen LogP contribution in [0.25, 0.3) is 0 Å². The number of nitrogens with zero attached hydrogens (tertiary/aromatic N) is 1. The van der Waals surface area contributed by atoms with Crippen LogP contribution >= 0.6 is 0 Å². The molecule has 0 radical (unpaired) electrons. The largest absolute Gasteiger partial charge is 0.469 e. The molecule has 0 aliphatic heterocycles. The van der Waals surface area contributed by atoms with Crippen LogP contribution in [0.1, 0.15) is 50.9 Å². The summed E-state index contributed by atoms with van der Waals surface area (Å²) < 4.78 is 4.60. The Labute approximate surface area is 102 Å². The molecule has 1 aromatic heterocycles. The predicted molar refractivity (Wildman–Crippen MR) is 65.5 cm³/mol. The summed E-state index contributed by atoms with van der Waals surface area (Å²) in [6.07, 6.45) is 2.63. The maximum Gasteiger partial charge on any atom is 0.305 e. The molecule has 1 heterocycles. The van der Waals surface area contributed by atoms with Gasteiger partial charge in [0.25, 0.3) is 0 Å². The third-order valence-electron chi connectivity index (χ3n) is 2.71. The van der Waals surface area contributed by atoms with Crippen LogP contribution in [0.15, 0.2) is 6.20 Å². The first-order valence-corrected chi connectivity index (χ1v) is 5.72. The van der Waals surface area contributed by atoms with Crippen molar-refractivity contribution < 1.29 is 9.53 Å². The molecule has 0 amide bonds. The molecule has 0 spiro atoms. The van der Waals surface area contributed by atoms with Gasteiger partial charge in [-0.25, -0.2) is 0 Å². The lowest BCUT2D eigenvalue weighted by atomic mass is 9.87. The Hall–Kier alpha value is -1.36. The van der Waals surface area contributed by atoms with Gasteiger partial charge in [-0.05, 0) is 6.42 Å². The Balaban J connectivity index is 2.73. The Bertz CT molecular complexity index is 379. The maximum absolute atomic E-state index is 11.1. The topological polar surface area (TPSA) is 81.0 Å². The van der Waals surface area contributed by atoms with E-state index < -0.39 is 0 Å². The van der Waals surface area contributed by atoms with E-state index in [4.69, 9.17) is 5.73 Å². The number of nitrogens with two attached hydrogens (primary N) is 1. The van der Waals surface area contributed by atoms with Crippen LogP contribution in [0.2, 0.25) is 0 Å². The minimum Gasteiger partial charge on any atom is -0.469 e. The fourth-order valence-corrected chi connectivity index (χ4v) is 1.71. The molecule has 1 rings (SSSR count). The van der Waals surface area contributed by atoms with Crippen LogP contribution in [0.4, 0.5) is 0 Å². The van der Waals surface area contributed by atoms with E-state index in [9.17, 15) is 4.79 Å². The molecule has 0 saturated heterocycles. The molecule has 1 atom stereocenters. The van der Waals surface area contributed by atoms with Crippen molar-refractivity contribution in [3.8, 4) is 0 Å². The molecule has 1 unspecified atom stereocenters. The van der Waals surface area contributed by atoms with E-state index in [1.165, 1.54) is 7.11 Å². The number of carbonyl (C=O) groups excluding carboxylic acids is 1. The van der Waals surface area contributed by atoms with Crippen LogP contribution in [0, 0.1) is 0 Å². The lowest BCUT2D eigenvalue weighted by molar-refractivity contribution is -0.140. The Morgan fingerprint density at radius 3 is 2.76 bits per heavy atom. The summed E-state index contributed by atoms with van der Waals surface area (Å²) in [6, 6.07) is -0.193. The zero-order chi connectivity index (χ0) is 13.1. The van der Waals surface area contributed by atoms with E-state index in [1.807, 2.05) is 0 Å². The molecular formula is C12H21N3O2. The summed E-state index contributed by atoms with van der Waals surface area (Å²) in [4.78, 5) is 11.1. The number of aromatic nitrogens is 2. The lowest BCUT2D eigenvalue weighted by Gasteiger charge is -2.21. The lowest BCUT2D eigenvalue weighted by Crippen LogP contribution is -2.20. The highest BCUT2D eigenvalue weighted by Gasteiger charge is 2.23. The van der Waals surface area contributed by atoms with Gasteiger partial charge in [-0.1, -0.05) is 20.8 Å². The highest BCUT2D eigenvalue weighted by atomic mass is 16.5. The van der Waals surface area contributed by atoms with Crippen LogP contribution in [-0.2, 0) is 14.9 Å². The van der Waals surface area contributed by atoms with E-state index >= 15 is 0 Å². The fraction of sp³-hybridized carbons (Fsp3) is 0.667. The number of H-pyrrole nitrogens is 1. The summed E-state index contributed by atoms with van der Waals surface area (Å²) in [5, 5.41) is 7.02. The second kappa shape index (κ2) is 5.31. The van der Waals surface area contributed by atoms with Gasteiger partial charge in [0.05, 0.1) is 13.3 Å². The summed E-state index contributed by atoms with van der Waals surface area (Å²) in [6.45, 7) is 6.28. The summed E-state index contributed by atoms with van der Waals surface area (Å²) in [5.41, 5.74) is 8.04. The molecule has 3 N–H and O–H groups in total.